The monoisotopic (exact) mass is 294 g/mol. The van der Waals surface area contributed by atoms with Gasteiger partial charge in [0.1, 0.15) is 0 Å². The van der Waals surface area contributed by atoms with Crippen molar-refractivity contribution < 1.29 is 19.8 Å². The largest absolute Gasteiger partial charge is 0.481 e. The predicted molar refractivity (Wildman–Crippen MR) is 76.3 cm³/mol. The summed E-state index contributed by atoms with van der Waals surface area (Å²) in [6.45, 7) is 0.505. The Kier molecular flexibility index (Phi) is 4.52. The molecule has 1 aromatic heterocycles. The molecule has 7 heteroatoms. The van der Waals surface area contributed by atoms with E-state index in [4.69, 9.17) is 10.2 Å². The van der Waals surface area contributed by atoms with Gasteiger partial charge in [0.25, 0.3) is 0 Å². The van der Waals surface area contributed by atoms with Crippen LogP contribution in [0.2, 0.25) is 0 Å². The lowest BCUT2D eigenvalue weighted by Gasteiger charge is -2.19. The fourth-order valence-corrected chi connectivity index (χ4v) is 2.78. The van der Waals surface area contributed by atoms with Gasteiger partial charge in [-0.05, 0) is 12.1 Å². The zero-order valence-electron chi connectivity index (χ0n) is 10.7. The highest BCUT2D eigenvalue weighted by Gasteiger charge is 2.14. The molecule has 2 rings (SSSR count). The topological polar surface area (TPSA) is 90.7 Å². The summed E-state index contributed by atoms with van der Waals surface area (Å²) in [6, 6.07) is 7.60. The highest BCUT2D eigenvalue weighted by atomic mass is 32.1. The van der Waals surface area contributed by atoms with Gasteiger partial charge in [0.15, 0.2) is 5.13 Å². The van der Waals surface area contributed by atoms with E-state index >= 15 is 0 Å². The molecule has 106 valence electrons. The van der Waals surface area contributed by atoms with E-state index in [1.165, 1.54) is 11.3 Å². The first kappa shape index (κ1) is 14.3. The molecule has 0 aliphatic rings. The number of carbonyl (C=O) groups is 2. The van der Waals surface area contributed by atoms with E-state index in [-0.39, 0.29) is 25.9 Å². The van der Waals surface area contributed by atoms with E-state index in [1.54, 1.807) is 4.90 Å². The minimum atomic E-state index is -0.911. The van der Waals surface area contributed by atoms with E-state index < -0.39 is 11.9 Å². The highest BCUT2D eigenvalue weighted by molar-refractivity contribution is 7.22. The van der Waals surface area contributed by atoms with Crippen molar-refractivity contribution >= 4 is 38.6 Å². The number of carboxylic acid groups (broad SMARTS) is 2. The van der Waals surface area contributed by atoms with Gasteiger partial charge in [0.2, 0.25) is 0 Å². The van der Waals surface area contributed by atoms with Crippen molar-refractivity contribution in [3.8, 4) is 0 Å². The standard InChI is InChI=1S/C13H14N2O4S/c16-11(17)5-7-15(8-6-12(18)19)13-14-9-3-1-2-4-10(9)20-13/h1-4H,5-8H2,(H,16,17)(H,18,19). The maximum atomic E-state index is 10.7. The minimum Gasteiger partial charge on any atom is -0.481 e. The molecule has 0 saturated carbocycles. The van der Waals surface area contributed by atoms with E-state index in [9.17, 15) is 9.59 Å². The third-order valence-electron chi connectivity index (χ3n) is 2.74. The normalized spacial score (nSPS) is 10.6. The Morgan fingerprint density at radius 2 is 1.70 bits per heavy atom. The van der Waals surface area contributed by atoms with Crippen LogP contribution in [0.15, 0.2) is 24.3 Å². The number of thiazole rings is 1. The Balaban J connectivity index is 2.19. The molecule has 20 heavy (non-hydrogen) atoms. The van der Waals surface area contributed by atoms with Crippen molar-refractivity contribution in [1.82, 2.24) is 4.98 Å². The summed E-state index contributed by atoms with van der Waals surface area (Å²) < 4.78 is 0.998. The van der Waals surface area contributed by atoms with Crippen molar-refractivity contribution in [2.45, 2.75) is 12.8 Å². The molecule has 6 nitrogen and oxygen atoms in total. The quantitative estimate of drug-likeness (QED) is 0.812. The van der Waals surface area contributed by atoms with E-state index in [0.717, 1.165) is 10.2 Å². The number of hydrogen-bond acceptors (Lipinski definition) is 5. The molecule has 0 saturated heterocycles. The molecule has 0 unspecified atom stereocenters. The fourth-order valence-electron chi connectivity index (χ4n) is 1.76. The molecule has 0 bridgehead atoms. The summed E-state index contributed by atoms with van der Waals surface area (Å²) in [5.41, 5.74) is 0.836. The SMILES string of the molecule is O=C(O)CCN(CCC(=O)O)c1nc2ccccc2s1. The first-order valence-corrected chi connectivity index (χ1v) is 6.92. The molecular formula is C13H14N2O4S. The highest BCUT2D eigenvalue weighted by Crippen LogP contribution is 2.28. The lowest BCUT2D eigenvalue weighted by molar-refractivity contribution is -0.137. The first-order valence-electron chi connectivity index (χ1n) is 6.10. The predicted octanol–water partition coefficient (Wildman–Crippen LogP) is 2.05. The van der Waals surface area contributed by atoms with Gasteiger partial charge in [-0.3, -0.25) is 9.59 Å². The van der Waals surface area contributed by atoms with Gasteiger partial charge in [-0.1, -0.05) is 23.5 Å². The first-order chi connectivity index (χ1) is 9.56. The lowest BCUT2D eigenvalue weighted by Crippen LogP contribution is -2.28. The number of rotatable bonds is 7. The van der Waals surface area contributed by atoms with Gasteiger partial charge in [-0.2, -0.15) is 0 Å². The fraction of sp³-hybridized carbons (Fsp3) is 0.308. The summed E-state index contributed by atoms with van der Waals surface area (Å²) in [4.78, 5) is 27.5. The zero-order valence-corrected chi connectivity index (χ0v) is 11.5. The van der Waals surface area contributed by atoms with Crippen molar-refractivity contribution in [2.75, 3.05) is 18.0 Å². The Morgan fingerprint density at radius 1 is 1.10 bits per heavy atom. The smallest absolute Gasteiger partial charge is 0.305 e. The molecule has 0 aliphatic heterocycles. The summed E-state index contributed by atoms with van der Waals surface area (Å²) in [5.74, 6) is -1.82. The third kappa shape index (κ3) is 3.67. The molecule has 2 aromatic rings. The molecule has 1 heterocycles. The van der Waals surface area contributed by atoms with Crippen LogP contribution in [0.4, 0.5) is 5.13 Å². The summed E-state index contributed by atoms with van der Waals surface area (Å²) in [7, 11) is 0. The van der Waals surface area contributed by atoms with Crippen LogP contribution in [-0.2, 0) is 9.59 Å². The van der Waals surface area contributed by atoms with Crippen LogP contribution in [0.25, 0.3) is 10.2 Å². The van der Waals surface area contributed by atoms with Crippen LogP contribution in [0.5, 0.6) is 0 Å². The van der Waals surface area contributed by atoms with Crippen LogP contribution in [0.1, 0.15) is 12.8 Å². The van der Waals surface area contributed by atoms with Gasteiger partial charge < -0.3 is 15.1 Å². The molecule has 2 N–H and O–H groups in total. The second-order valence-corrected chi connectivity index (χ2v) is 5.25. The second kappa shape index (κ2) is 6.33. The Morgan fingerprint density at radius 3 is 2.25 bits per heavy atom. The van der Waals surface area contributed by atoms with Gasteiger partial charge >= 0.3 is 11.9 Å². The average molecular weight is 294 g/mol. The summed E-state index contributed by atoms with van der Waals surface area (Å²) >= 11 is 1.44. The Hall–Kier alpha value is -2.15. The molecule has 0 atom stereocenters. The molecule has 1 aromatic carbocycles. The minimum absolute atomic E-state index is 0.0461. The van der Waals surface area contributed by atoms with E-state index in [1.807, 2.05) is 24.3 Å². The van der Waals surface area contributed by atoms with Gasteiger partial charge in [0.05, 0.1) is 23.1 Å². The van der Waals surface area contributed by atoms with Gasteiger partial charge in [-0.25, -0.2) is 4.98 Å². The van der Waals surface area contributed by atoms with Crippen LogP contribution in [0, 0.1) is 0 Å². The maximum Gasteiger partial charge on any atom is 0.305 e. The number of aliphatic carboxylic acids is 2. The van der Waals surface area contributed by atoms with Crippen LogP contribution < -0.4 is 4.90 Å². The van der Waals surface area contributed by atoms with Crippen LogP contribution in [0.3, 0.4) is 0 Å². The van der Waals surface area contributed by atoms with Crippen molar-refractivity contribution in [1.29, 1.82) is 0 Å². The van der Waals surface area contributed by atoms with Gasteiger partial charge in [-0.15, -0.1) is 0 Å². The van der Waals surface area contributed by atoms with Crippen LogP contribution >= 0.6 is 11.3 Å². The zero-order chi connectivity index (χ0) is 14.5. The summed E-state index contributed by atoms with van der Waals surface area (Å²) in [5, 5.41) is 18.2. The van der Waals surface area contributed by atoms with Crippen molar-refractivity contribution in [3.05, 3.63) is 24.3 Å². The number of fused-ring (bicyclic) bond motifs is 1. The average Bonchev–Trinajstić information content (AvgIpc) is 2.81. The molecule has 0 amide bonds. The van der Waals surface area contributed by atoms with Gasteiger partial charge in [0, 0.05) is 13.1 Å². The van der Waals surface area contributed by atoms with E-state index in [2.05, 4.69) is 4.98 Å². The van der Waals surface area contributed by atoms with Crippen molar-refractivity contribution in [3.63, 3.8) is 0 Å². The number of benzene rings is 1. The van der Waals surface area contributed by atoms with Crippen LogP contribution in [-0.4, -0.2) is 40.2 Å². The number of carboxylic acids is 2. The molecule has 0 fully saturated rings. The maximum absolute atomic E-state index is 10.7. The number of anilines is 1. The molecule has 0 radical (unpaired) electrons. The summed E-state index contributed by atoms with van der Waals surface area (Å²) in [6.07, 6.45) is -0.0922. The number of hydrogen-bond donors (Lipinski definition) is 2. The Labute approximate surface area is 119 Å². The number of nitrogens with zero attached hydrogens (tertiary/aromatic N) is 2. The lowest BCUT2D eigenvalue weighted by atomic mass is 10.3. The van der Waals surface area contributed by atoms with Crippen molar-refractivity contribution in [2.24, 2.45) is 0 Å². The molecule has 0 spiro atoms. The van der Waals surface area contributed by atoms with E-state index in [0.29, 0.717) is 5.13 Å². The Bertz CT molecular complexity index is 575. The third-order valence-corrected chi connectivity index (χ3v) is 3.84. The molecule has 0 aliphatic carbocycles. The number of aromatic nitrogens is 1. The molecular weight excluding hydrogens is 280 g/mol. The second-order valence-electron chi connectivity index (χ2n) is 4.24. The number of para-hydroxylation sites is 1.